The average Bonchev–Trinajstić information content (AvgIpc) is 3.19. The van der Waals surface area contributed by atoms with Gasteiger partial charge in [0.25, 0.3) is 0 Å². The first-order chi connectivity index (χ1) is 12.9. The maximum absolute atomic E-state index is 12.9. The Morgan fingerprint density at radius 1 is 1.30 bits per heavy atom. The first-order valence-electron chi connectivity index (χ1n) is 8.92. The van der Waals surface area contributed by atoms with E-state index in [2.05, 4.69) is 11.4 Å². The molecule has 0 unspecified atom stereocenters. The monoisotopic (exact) mass is 393 g/mol. The zero-order chi connectivity index (χ0) is 19.5. The van der Waals surface area contributed by atoms with Gasteiger partial charge in [0.1, 0.15) is 11.2 Å². The lowest BCUT2D eigenvalue weighted by molar-refractivity contribution is -0.122. The number of ether oxygens (including phenoxy) is 2. The van der Waals surface area contributed by atoms with Crippen molar-refractivity contribution < 1.29 is 22.7 Å². The lowest BCUT2D eigenvalue weighted by atomic mass is 9.87. The van der Waals surface area contributed by atoms with Crippen LogP contribution in [0.1, 0.15) is 25.7 Å². The van der Waals surface area contributed by atoms with Crippen molar-refractivity contribution in [1.82, 2.24) is 4.31 Å². The summed E-state index contributed by atoms with van der Waals surface area (Å²) in [6, 6.07) is 6.49. The quantitative estimate of drug-likeness (QED) is 0.816. The molecule has 0 radical (unpaired) electrons. The molecule has 2 fully saturated rings. The highest BCUT2D eigenvalue weighted by molar-refractivity contribution is 7.89. The third-order valence-electron chi connectivity index (χ3n) is 5.13. The smallest absolute Gasteiger partial charge is 0.244 e. The summed E-state index contributed by atoms with van der Waals surface area (Å²) in [5.74, 6) is -0.0721. The molecule has 0 atom stereocenters. The van der Waals surface area contributed by atoms with E-state index >= 15 is 0 Å². The Kier molecular flexibility index (Phi) is 5.69. The average molecular weight is 393 g/mol. The van der Waals surface area contributed by atoms with Gasteiger partial charge in [-0.1, -0.05) is 12.8 Å². The molecule has 3 rings (SSSR count). The van der Waals surface area contributed by atoms with Crippen LogP contribution in [0.5, 0.6) is 5.75 Å². The molecule has 1 saturated carbocycles. The lowest BCUT2D eigenvalue weighted by Gasteiger charge is -2.26. The molecule has 1 heterocycles. The van der Waals surface area contributed by atoms with Crippen LogP contribution in [0, 0.1) is 16.7 Å². The van der Waals surface area contributed by atoms with Gasteiger partial charge < -0.3 is 14.8 Å². The molecule has 1 aromatic rings. The zero-order valence-electron chi connectivity index (χ0n) is 15.2. The molecular weight excluding hydrogens is 370 g/mol. The number of morpholine rings is 1. The van der Waals surface area contributed by atoms with Crippen LogP contribution in [0.2, 0.25) is 0 Å². The van der Waals surface area contributed by atoms with Crippen molar-refractivity contribution in [3.63, 3.8) is 0 Å². The second-order valence-corrected chi connectivity index (χ2v) is 8.67. The molecule has 27 heavy (non-hydrogen) atoms. The number of carbonyl (C=O) groups excluding carboxylic acids is 1. The van der Waals surface area contributed by atoms with E-state index in [-0.39, 0.29) is 23.7 Å². The Balaban J connectivity index is 1.90. The number of anilines is 1. The normalized spacial score (nSPS) is 20.0. The van der Waals surface area contributed by atoms with Crippen LogP contribution in [-0.4, -0.2) is 52.0 Å². The van der Waals surface area contributed by atoms with Crippen LogP contribution in [0.3, 0.4) is 0 Å². The first kappa shape index (κ1) is 19.6. The largest absolute Gasteiger partial charge is 0.495 e. The predicted molar refractivity (Wildman–Crippen MR) is 97.7 cm³/mol. The maximum atomic E-state index is 12.9. The summed E-state index contributed by atoms with van der Waals surface area (Å²) in [6.07, 6.45) is 2.65. The van der Waals surface area contributed by atoms with Crippen molar-refractivity contribution in [1.29, 1.82) is 5.26 Å². The van der Waals surface area contributed by atoms with Crippen LogP contribution in [0.15, 0.2) is 23.1 Å². The second kappa shape index (κ2) is 7.84. The van der Waals surface area contributed by atoms with Crippen molar-refractivity contribution >= 4 is 21.6 Å². The van der Waals surface area contributed by atoms with E-state index in [9.17, 15) is 18.5 Å². The fraction of sp³-hybridized carbons (Fsp3) is 0.556. The van der Waals surface area contributed by atoms with E-state index in [1.165, 1.54) is 29.6 Å². The highest BCUT2D eigenvalue weighted by Gasteiger charge is 2.42. The van der Waals surface area contributed by atoms with Gasteiger partial charge in [-0.15, -0.1) is 0 Å². The maximum Gasteiger partial charge on any atom is 0.244 e. The van der Waals surface area contributed by atoms with Gasteiger partial charge in [-0.2, -0.15) is 9.57 Å². The molecule has 8 nitrogen and oxygen atoms in total. The van der Waals surface area contributed by atoms with Gasteiger partial charge in [-0.05, 0) is 31.0 Å². The van der Waals surface area contributed by atoms with E-state index in [4.69, 9.17) is 9.47 Å². The number of nitriles is 1. The number of carbonyl (C=O) groups is 1. The summed E-state index contributed by atoms with van der Waals surface area (Å²) in [5, 5.41) is 12.2. The first-order valence-corrected chi connectivity index (χ1v) is 10.4. The van der Waals surface area contributed by atoms with E-state index in [0.29, 0.717) is 31.8 Å². The van der Waals surface area contributed by atoms with Crippen molar-refractivity contribution in [2.45, 2.75) is 30.6 Å². The molecule has 1 aliphatic carbocycles. The lowest BCUT2D eigenvalue weighted by Crippen LogP contribution is -2.40. The number of benzene rings is 1. The molecule has 146 valence electrons. The fourth-order valence-corrected chi connectivity index (χ4v) is 4.93. The number of sulfonamides is 1. The van der Waals surface area contributed by atoms with E-state index in [1.54, 1.807) is 0 Å². The Morgan fingerprint density at radius 2 is 1.96 bits per heavy atom. The molecule has 9 heteroatoms. The number of nitrogens with one attached hydrogen (secondary N) is 1. The molecular formula is C18H23N3O5S. The molecule has 0 bridgehead atoms. The van der Waals surface area contributed by atoms with Crippen molar-refractivity contribution in [3.05, 3.63) is 18.2 Å². The topological polar surface area (TPSA) is 109 Å². The third kappa shape index (κ3) is 3.78. The highest BCUT2D eigenvalue weighted by Crippen LogP contribution is 2.39. The summed E-state index contributed by atoms with van der Waals surface area (Å²) in [7, 11) is -2.26. The molecule has 0 spiro atoms. The molecule has 1 N–H and O–H groups in total. The fourth-order valence-electron chi connectivity index (χ4n) is 3.49. The van der Waals surface area contributed by atoms with Crippen molar-refractivity contribution in [2.24, 2.45) is 5.41 Å². The minimum atomic E-state index is -3.70. The summed E-state index contributed by atoms with van der Waals surface area (Å²) < 4.78 is 37.6. The summed E-state index contributed by atoms with van der Waals surface area (Å²) in [5.41, 5.74) is -0.817. The molecule has 1 saturated heterocycles. The Morgan fingerprint density at radius 3 is 2.56 bits per heavy atom. The number of rotatable bonds is 5. The number of nitrogens with zero attached hydrogens (tertiary/aromatic N) is 2. The van der Waals surface area contributed by atoms with E-state index < -0.39 is 21.3 Å². The standard InChI is InChI=1S/C18H23N3O5S/c1-25-16-5-4-14(27(23,24)21-8-10-26-11-9-21)12-15(16)20-17(22)18(13-19)6-2-3-7-18/h4-5,12H,2-3,6-11H2,1H3,(H,20,22). The minimum absolute atomic E-state index is 0.0675. The number of amides is 1. The molecule has 1 amide bonds. The van der Waals surface area contributed by atoms with E-state index in [0.717, 1.165) is 12.8 Å². The SMILES string of the molecule is COc1ccc(S(=O)(=O)N2CCOCC2)cc1NC(=O)C1(C#N)CCCC1. The van der Waals surface area contributed by atoms with Gasteiger partial charge in [0.2, 0.25) is 15.9 Å². The summed E-state index contributed by atoms with van der Waals surface area (Å²) in [4.78, 5) is 12.8. The van der Waals surface area contributed by atoms with Crippen LogP contribution in [0.25, 0.3) is 0 Å². The van der Waals surface area contributed by atoms with Crippen LogP contribution < -0.4 is 10.1 Å². The highest BCUT2D eigenvalue weighted by atomic mass is 32.2. The molecule has 0 aromatic heterocycles. The zero-order valence-corrected chi connectivity index (χ0v) is 16.0. The third-order valence-corrected chi connectivity index (χ3v) is 7.03. The number of hydrogen-bond acceptors (Lipinski definition) is 6. The van der Waals surface area contributed by atoms with Gasteiger partial charge >= 0.3 is 0 Å². The van der Waals surface area contributed by atoms with Crippen LogP contribution in [0.4, 0.5) is 5.69 Å². The van der Waals surface area contributed by atoms with Crippen LogP contribution in [-0.2, 0) is 19.6 Å². The minimum Gasteiger partial charge on any atom is -0.495 e. The molecule has 1 aliphatic heterocycles. The second-order valence-electron chi connectivity index (χ2n) is 6.73. The Labute approximate surface area is 159 Å². The van der Waals surface area contributed by atoms with Crippen molar-refractivity contribution in [2.75, 3.05) is 38.7 Å². The Bertz CT molecular complexity index is 850. The van der Waals surface area contributed by atoms with Gasteiger partial charge in [-0.3, -0.25) is 4.79 Å². The number of methoxy groups -OCH3 is 1. The van der Waals surface area contributed by atoms with Gasteiger partial charge in [0.15, 0.2) is 0 Å². The van der Waals surface area contributed by atoms with E-state index in [1.807, 2.05) is 0 Å². The van der Waals surface area contributed by atoms with Crippen molar-refractivity contribution in [3.8, 4) is 11.8 Å². The molecule has 2 aliphatic rings. The van der Waals surface area contributed by atoms with Gasteiger partial charge in [-0.25, -0.2) is 8.42 Å². The summed E-state index contributed by atoms with van der Waals surface area (Å²) in [6.45, 7) is 1.27. The predicted octanol–water partition coefficient (Wildman–Crippen LogP) is 1.74. The molecule has 1 aromatic carbocycles. The summed E-state index contributed by atoms with van der Waals surface area (Å²) >= 11 is 0. The van der Waals surface area contributed by atoms with Gasteiger partial charge in [0, 0.05) is 13.1 Å². The van der Waals surface area contributed by atoms with Crippen LogP contribution >= 0.6 is 0 Å². The Hall–Kier alpha value is -2.15. The number of hydrogen-bond donors (Lipinski definition) is 1. The van der Waals surface area contributed by atoms with Gasteiger partial charge in [0.05, 0.1) is 37.0 Å².